The van der Waals surface area contributed by atoms with Crippen molar-refractivity contribution in [1.82, 2.24) is 0 Å². The van der Waals surface area contributed by atoms with E-state index in [1.165, 1.54) is 13.8 Å². The van der Waals surface area contributed by atoms with Gasteiger partial charge in [0.2, 0.25) is 0 Å². The maximum absolute atomic E-state index is 14.1. The summed E-state index contributed by atoms with van der Waals surface area (Å²) in [6, 6.07) is 0. The van der Waals surface area contributed by atoms with Crippen LogP contribution in [0.3, 0.4) is 0 Å². The molecule has 20 heteroatoms. The summed E-state index contributed by atoms with van der Waals surface area (Å²) < 4.78 is 260. The zero-order valence-electron chi connectivity index (χ0n) is 21.4. The molecule has 0 fully saturated rings. The molecule has 0 aromatic rings. The molecular weight excluding hydrogens is 629 g/mol. The highest BCUT2D eigenvalue weighted by Gasteiger charge is 2.89. The molecule has 0 rings (SSSR count). The highest BCUT2D eigenvalue weighted by Crippen LogP contribution is 2.62. The Hall–Kier alpha value is -1.37. The van der Waals surface area contributed by atoms with Crippen molar-refractivity contribution in [3.8, 4) is 0 Å². The second kappa shape index (κ2) is 11.6. The summed E-state index contributed by atoms with van der Waals surface area (Å²) in [6.07, 6.45) is -14.5. The Bertz CT molecular complexity index is 859. The third-order valence-electron chi connectivity index (χ3n) is 6.76. The maximum atomic E-state index is 14.1. The van der Waals surface area contributed by atoms with Gasteiger partial charge in [-0.1, -0.05) is 33.6 Å². The van der Waals surface area contributed by atoms with Crippen LogP contribution in [0.5, 0.6) is 0 Å². The molecule has 0 radical (unpaired) electrons. The standard InChI is InChI=1S/C21H25F19O/c1-5-11(6-2)12(4,7-3)41-9-8-13(22,23)16(28,29)19(34,35)17(30,31)14(24,25)10-15(26,27)18(32,33)20(36,37)21(38,39)40/h11H,5-10H2,1-4H3/t12-/m1/s1. The minimum absolute atomic E-state index is 0.0218. The molecule has 0 aliphatic rings. The molecule has 0 N–H and O–H groups in total. The fraction of sp³-hybridized carbons (Fsp3) is 1.00. The summed E-state index contributed by atoms with van der Waals surface area (Å²) >= 11 is 0. The fourth-order valence-corrected chi connectivity index (χ4v) is 3.80. The molecule has 0 amide bonds. The van der Waals surface area contributed by atoms with E-state index in [-0.39, 0.29) is 6.42 Å². The summed E-state index contributed by atoms with van der Waals surface area (Å²) in [5.74, 6) is -61.9. The van der Waals surface area contributed by atoms with E-state index in [4.69, 9.17) is 4.74 Å². The Balaban J connectivity index is 6.32. The van der Waals surface area contributed by atoms with E-state index in [0.717, 1.165) is 0 Å². The van der Waals surface area contributed by atoms with E-state index in [1.807, 2.05) is 0 Å². The molecule has 0 aliphatic heterocycles. The lowest BCUT2D eigenvalue weighted by Gasteiger charge is -2.41. The van der Waals surface area contributed by atoms with Gasteiger partial charge in [-0.3, -0.25) is 0 Å². The average Bonchev–Trinajstić information content (AvgIpc) is 2.77. The molecule has 1 nitrogen and oxygen atoms in total. The number of alkyl halides is 19. The van der Waals surface area contributed by atoms with Gasteiger partial charge in [0, 0.05) is 6.42 Å². The summed E-state index contributed by atoms with van der Waals surface area (Å²) in [6.45, 7) is 4.36. The molecule has 0 saturated heterocycles. The summed E-state index contributed by atoms with van der Waals surface area (Å²) in [7, 11) is 0. The van der Waals surface area contributed by atoms with Gasteiger partial charge in [-0.2, -0.15) is 83.4 Å². The largest absolute Gasteiger partial charge is 0.460 e. The van der Waals surface area contributed by atoms with Gasteiger partial charge in [0.15, 0.2) is 0 Å². The Kier molecular flexibility index (Phi) is 11.2. The number of hydrogen-bond acceptors (Lipinski definition) is 1. The van der Waals surface area contributed by atoms with Crippen LogP contribution in [0.1, 0.15) is 59.8 Å². The Labute approximate surface area is 220 Å². The SMILES string of the molecule is CCC(CC)[C@@](C)(CC)OCCC(F)(F)C(F)(F)C(F)(F)C(F)(F)C(F)(F)CC(F)(F)C(F)(F)C(F)(F)C(F)(F)F. The number of halogens is 19. The number of rotatable bonds is 16. The fourth-order valence-electron chi connectivity index (χ4n) is 3.80. The minimum Gasteiger partial charge on any atom is -0.375 e. The maximum Gasteiger partial charge on any atom is 0.460 e. The van der Waals surface area contributed by atoms with Crippen molar-refractivity contribution in [2.75, 3.05) is 6.61 Å². The number of hydrogen-bond donors (Lipinski definition) is 0. The van der Waals surface area contributed by atoms with Crippen LogP contribution in [0.15, 0.2) is 0 Å². The zero-order valence-corrected chi connectivity index (χ0v) is 21.4. The zero-order chi connectivity index (χ0) is 33.5. The molecule has 0 aromatic heterocycles. The first-order valence-corrected chi connectivity index (χ1v) is 11.5. The topological polar surface area (TPSA) is 9.23 Å². The minimum atomic E-state index is -8.14. The van der Waals surface area contributed by atoms with E-state index < -0.39 is 84.5 Å². The lowest BCUT2D eigenvalue weighted by Crippen LogP contribution is -2.69. The molecule has 0 heterocycles. The van der Waals surface area contributed by atoms with Crippen molar-refractivity contribution in [2.45, 2.75) is 119 Å². The van der Waals surface area contributed by atoms with Crippen molar-refractivity contribution in [3.63, 3.8) is 0 Å². The van der Waals surface area contributed by atoms with Crippen molar-refractivity contribution in [3.05, 3.63) is 0 Å². The summed E-state index contributed by atoms with van der Waals surface area (Å²) in [5.41, 5.74) is -1.36. The summed E-state index contributed by atoms with van der Waals surface area (Å²) in [5, 5.41) is 0. The van der Waals surface area contributed by atoms with Crippen LogP contribution in [-0.4, -0.2) is 65.8 Å². The quantitative estimate of drug-likeness (QED) is 0.151. The summed E-state index contributed by atoms with van der Waals surface area (Å²) in [4.78, 5) is 0. The Morgan fingerprint density at radius 3 is 1.15 bits per heavy atom. The molecule has 0 bridgehead atoms. The molecule has 41 heavy (non-hydrogen) atoms. The molecular formula is C21H25F19O. The lowest BCUT2D eigenvalue weighted by atomic mass is 9.82. The smallest absolute Gasteiger partial charge is 0.375 e. The third-order valence-corrected chi connectivity index (χ3v) is 6.76. The normalized spacial score (nSPS) is 17.3. The van der Waals surface area contributed by atoms with E-state index in [1.54, 1.807) is 13.8 Å². The van der Waals surface area contributed by atoms with Crippen molar-refractivity contribution < 1.29 is 88.2 Å². The van der Waals surface area contributed by atoms with E-state index in [2.05, 4.69) is 0 Å². The van der Waals surface area contributed by atoms with E-state index in [0.29, 0.717) is 12.8 Å². The van der Waals surface area contributed by atoms with Gasteiger partial charge in [0.05, 0.1) is 18.6 Å². The van der Waals surface area contributed by atoms with Gasteiger partial charge >= 0.3 is 53.6 Å². The first kappa shape index (κ1) is 39.6. The van der Waals surface area contributed by atoms with E-state index in [9.17, 15) is 83.4 Å². The van der Waals surface area contributed by atoms with E-state index >= 15 is 0 Å². The molecule has 248 valence electrons. The third kappa shape index (κ3) is 6.60. The second-order valence-electron chi connectivity index (χ2n) is 9.44. The van der Waals surface area contributed by atoms with Gasteiger partial charge < -0.3 is 4.74 Å². The predicted molar refractivity (Wildman–Crippen MR) is 104 cm³/mol. The van der Waals surface area contributed by atoms with Crippen molar-refractivity contribution in [1.29, 1.82) is 0 Å². The second-order valence-corrected chi connectivity index (χ2v) is 9.44. The molecule has 1 atom stereocenters. The molecule has 0 spiro atoms. The molecule has 0 saturated carbocycles. The van der Waals surface area contributed by atoms with Crippen LogP contribution < -0.4 is 0 Å². The van der Waals surface area contributed by atoms with Crippen molar-refractivity contribution in [2.24, 2.45) is 5.92 Å². The van der Waals surface area contributed by atoms with Gasteiger partial charge in [-0.15, -0.1) is 0 Å². The van der Waals surface area contributed by atoms with Gasteiger partial charge in [-0.05, 0) is 19.3 Å². The highest BCUT2D eigenvalue weighted by atomic mass is 19.4. The first-order valence-electron chi connectivity index (χ1n) is 11.5. The van der Waals surface area contributed by atoms with Crippen LogP contribution in [0.4, 0.5) is 83.4 Å². The number of ether oxygens (including phenoxy) is 1. The molecule has 0 aliphatic carbocycles. The van der Waals surface area contributed by atoms with Gasteiger partial charge in [0.25, 0.3) is 0 Å². The highest BCUT2D eigenvalue weighted by molar-refractivity contribution is 5.11. The van der Waals surface area contributed by atoms with Gasteiger partial charge in [-0.25, -0.2) is 0 Å². The van der Waals surface area contributed by atoms with Crippen LogP contribution in [0, 0.1) is 5.92 Å². The average molecular weight is 654 g/mol. The van der Waals surface area contributed by atoms with Crippen LogP contribution in [0.25, 0.3) is 0 Å². The van der Waals surface area contributed by atoms with Crippen LogP contribution in [-0.2, 0) is 4.74 Å². The monoisotopic (exact) mass is 654 g/mol. The Morgan fingerprint density at radius 2 is 0.829 bits per heavy atom. The molecule has 0 unspecified atom stereocenters. The van der Waals surface area contributed by atoms with Crippen LogP contribution in [0.2, 0.25) is 0 Å². The predicted octanol–water partition coefficient (Wildman–Crippen LogP) is 10.0. The van der Waals surface area contributed by atoms with Crippen molar-refractivity contribution >= 4 is 0 Å². The lowest BCUT2D eigenvalue weighted by molar-refractivity contribution is -0.424. The van der Waals surface area contributed by atoms with Crippen LogP contribution >= 0.6 is 0 Å². The Morgan fingerprint density at radius 1 is 0.488 bits per heavy atom. The van der Waals surface area contributed by atoms with Gasteiger partial charge in [0.1, 0.15) is 0 Å². The first-order chi connectivity index (χ1) is 17.7. The molecule has 0 aromatic carbocycles.